The molecule has 2 heteroatoms. The molecule has 0 amide bonds. The van der Waals surface area contributed by atoms with Crippen molar-refractivity contribution in [2.45, 2.75) is 86.4 Å². The van der Waals surface area contributed by atoms with Crippen LogP contribution in [0.4, 0.5) is 0 Å². The fourth-order valence-electron chi connectivity index (χ4n) is 16.8. The van der Waals surface area contributed by atoms with Crippen molar-refractivity contribution in [3.05, 3.63) is 264 Å². The Kier molecular flexibility index (Phi) is 10.3. The molecule has 5 aliphatic rings. The van der Waals surface area contributed by atoms with Crippen LogP contribution < -0.4 is 0 Å². The summed E-state index contributed by atoms with van der Waals surface area (Å²) in [6, 6.07) is 87.9. The lowest BCUT2D eigenvalue weighted by molar-refractivity contribution is -0.0405. The van der Waals surface area contributed by atoms with Crippen molar-refractivity contribution in [1.82, 2.24) is 9.97 Å². The minimum absolute atomic E-state index is 0.117. The van der Waals surface area contributed by atoms with Crippen LogP contribution in [0.1, 0.15) is 96.6 Å². The minimum Gasteiger partial charge on any atom is -0.228 e. The Hall–Kier alpha value is -7.94. The number of aryl methyl sites for hydroxylation is 1. The van der Waals surface area contributed by atoms with Gasteiger partial charge in [-0.25, -0.2) is 9.97 Å². The highest BCUT2D eigenvalue weighted by atomic mass is 14.9. The number of fused-ring (bicyclic) bond motifs is 10. The Balaban J connectivity index is 0.996. The molecule has 3 fully saturated rings. The van der Waals surface area contributed by atoms with Gasteiger partial charge < -0.3 is 0 Å². The second kappa shape index (κ2) is 17.3. The molecule has 5 aliphatic carbocycles. The molecule has 3 saturated carbocycles. The van der Waals surface area contributed by atoms with Gasteiger partial charge >= 0.3 is 0 Å². The van der Waals surface area contributed by atoms with Crippen molar-refractivity contribution in [1.29, 1.82) is 0 Å². The van der Waals surface area contributed by atoms with Gasteiger partial charge in [0.15, 0.2) is 5.82 Å². The maximum Gasteiger partial charge on any atom is 0.160 e. The molecule has 6 unspecified atom stereocenters. The summed E-state index contributed by atoms with van der Waals surface area (Å²) >= 11 is 0. The Morgan fingerprint density at radius 2 is 0.787 bits per heavy atom. The zero-order valence-electron chi connectivity index (χ0n) is 42.7. The molecule has 0 aliphatic heterocycles. The van der Waals surface area contributed by atoms with Crippen LogP contribution in [-0.4, -0.2) is 9.97 Å². The number of aromatic nitrogens is 2. The van der Waals surface area contributed by atoms with E-state index in [1.165, 1.54) is 87.7 Å². The van der Waals surface area contributed by atoms with E-state index in [1.54, 1.807) is 22.3 Å². The molecule has 1 heterocycles. The van der Waals surface area contributed by atoms with E-state index in [4.69, 9.17) is 9.97 Å². The predicted octanol–water partition coefficient (Wildman–Crippen LogP) is 18.5. The third-order valence-corrected chi connectivity index (χ3v) is 19.2. The highest BCUT2D eigenvalue weighted by molar-refractivity contribution is 5.86. The summed E-state index contributed by atoms with van der Waals surface area (Å²) < 4.78 is 0. The second-order valence-electron chi connectivity index (χ2n) is 22.9. The number of rotatable bonds is 6. The van der Waals surface area contributed by atoms with E-state index in [2.05, 4.69) is 237 Å². The molecular formula is C73H60N2. The molecule has 0 saturated heterocycles. The zero-order valence-corrected chi connectivity index (χ0v) is 42.7. The normalized spacial score (nSPS) is 23.7. The van der Waals surface area contributed by atoms with Gasteiger partial charge in [0, 0.05) is 32.9 Å². The van der Waals surface area contributed by atoms with E-state index in [0.717, 1.165) is 53.2 Å². The van der Waals surface area contributed by atoms with Gasteiger partial charge in [-0.05, 0) is 147 Å². The second-order valence-corrected chi connectivity index (χ2v) is 22.9. The van der Waals surface area contributed by atoms with Gasteiger partial charge in [-0.15, -0.1) is 0 Å². The third-order valence-electron chi connectivity index (χ3n) is 19.2. The average molecular weight is 965 g/mol. The molecule has 0 radical (unpaired) electrons. The minimum atomic E-state index is -0.159. The van der Waals surface area contributed by atoms with Crippen molar-refractivity contribution < 1.29 is 0 Å². The lowest BCUT2D eigenvalue weighted by atomic mass is 9.36. The van der Waals surface area contributed by atoms with E-state index in [0.29, 0.717) is 17.8 Å². The van der Waals surface area contributed by atoms with Gasteiger partial charge in [0.05, 0.1) is 11.4 Å². The third kappa shape index (κ3) is 6.77. The molecule has 4 bridgehead atoms. The van der Waals surface area contributed by atoms with Crippen LogP contribution in [0.5, 0.6) is 0 Å². The molecule has 2 spiro atoms. The van der Waals surface area contributed by atoms with Crippen molar-refractivity contribution in [2.24, 2.45) is 5.92 Å². The lowest BCUT2D eigenvalue weighted by Gasteiger charge is -2.67. The van der Waals surface area contributed by atoms with Crippen LogP contribution in [0.25, 0.3) is 78.4 Å². The Bertz CT molecular complexity index is 3780. The summed E-state index contributed by atoms with van der Waals surface area (Å²) in [5.41, 5.74) is 25.1. The lowest BCUT2D eigenvalue weighted by Crippen LogP contribution is -2.64. The quantitative estimate of drug-likeness (QED) is 0.166. The van der Waals surface area contributed by atoms with Crippen molar-refractivity contribution >= 4 is 0 Å². The summed E-state index contributed by atoms with van der Waals surface area (Å²) in [5, 5.41) is 0. The highest BCUT2D eigenvalue weighted by Crippen LogP contribution is 2.77. The molecule has 10 aromatic rings. The van der Waals surface area contributed by atoms with E-state index in [9.17, 15) is 0 Å². The topological polar surface area (TPSA) is 25.8 Å². The standard InChI is InChI=1S/C73H60N2/c1-48-21-8-9-26-55(48)61-31-14-16-35-64(61)71-41-18-19-42-72-45-54(47-73(70(71)72)46-53(44-71)56-27-10-12-29-59(56)62-32-15-17-36-65(62)73)57-28-11-13-30-60(57)63-34-20-33-58(68(63)72)49-37-39-52(40-38-49)69-74-66(50-22-4-2-5-23-50)43-67(75-69)51-24-6-3-7-25-51/h2-17,20-40,43,53-54,70H,18-19,41-42,44-47H2,1H3. The van der Waals surface area contributed by atoms with Crippen molar-refractivity contribution in [2.75, 3.05) is 0 Å². The van der Waals surface area contributed by atoms with E-state index >= 15 is 0 Å². The SMILES string of the molecule is Cc1ccccc1-c1ccccc1C12CCCCC34CC(CC5(CC(C1)c1ccccc1-c1ccccc15)C23)c1ccccc1-c1cccc(-c2ccc(-c3nc(-c5ccccc5)cc(-c5ccccc5)n3)cc2)c14. The van der Waals surface area contributed by atoms with E-state index in [-0.39, 0.29) is 16.2 Å². The molecular weight excluding hydrogens is 905 g/mol. The Morgan fingerprint density at radius 3 is 1.41 bits per heavy atom. The Morgan fingerprint density at radius 1 is 0.347 bits per heavy atom. The number of nitrogens with zero attached hydrogens (tertiary/aromatic N) is 2. The molecule has 2 nitrogen and oxygen atoms in total. The first-order chi connectivity index (χ1) is 37.0. The molecule has 15 rings (SSSR count). The van der Waals surface area contributed by atoms with Gasteiger partial charge in [-0.2, -0.15) is 0 Å². The first-order valence-corrected chi connectivity index (χ1v) is 27.7. The van der Waals surface area contributed by atoms with Crippen LogP contribution >= 0.6 is 0 Å². The molecule has 75 heavy (non-hydrogen) atoms. The fraction of sp³-hybridized carbons (Fsp3) is 0.205. The maximum atomic E-state index is 5.28. The summed E-state index contributed by atoms with van der Waals surface area (Å²) in [5.74, 6) is 1.87. The first-order valence-electron chi connectivity index (χ1n) is 27.7. The van der Waals surface area contributed by atoms with Crippen molar-refractivity contribution in [3.8, 4) is 78.4 Å². The predicted molar refractivity (Wildman–Crippen MR) is 309 cm³/mol. The highest BCUT2D eigenvalue weighted by Gasteiger charge is 2.70. The van der Waals surface area contributed by atoms with Gasteiger partial charge in [0.25, 0.3) is 0 Å². The van der Waals surface area contributed by atoms with Crippen LogP contribution in [0.2, 0.25) is 0 Å². The van der Waals surface area contributed by atoms with E-state index < -0.39 is 0 Å². The fourth-order valence-corrected chi connectivity index (χ4v) is 16.8. The molecule has 6 atom stereocenters. The summed E-state index contributed by atoms with van der Waals surface area (Å²) in [4.78, 5) is 10.6. The zero-order chi connectivity index (χ0) is 49.7. The number of hydrogen-bond donors (Lipinski definition) is 0. The van der Waals surface area contributed by atoms with Gasteiger partial charge in [0.2, 0.25) is 0 Å². The van der Waals surface area contributed by atoms with Gasteiger partial charge in [-0.1, -0.05) is 237 Å². The Labute approximate surface area is 442 Å². The van der Waals surface area contributed by atoms with Crippen molar-refractivity contribution in [3.63, 3.8) is 0 Å². The van der Waals surface area contributed by atoms with Gasteiger partial charge in [-0.3, -0.25) is 0 Å². The number of benzene rings is 9. The molecule has 362 valence electrons. The van der Waals surface area contributed by atoms with Crippen LogP contribution in [0.15, 0.2) is 231 Å². The van der Waals surface area contributed by atoms with E-state index in [1.807, 2.05) is 0 Å². The monoisotopic (exact) mass is 964 g/mol. The summed E-state index contributed by atoms with van der Waals surface area (Å²) in [7, 11) is 0. The molecule has 9 aromatic carbocycles. The van der Waals surface area contributed by atoms with Crippen LogP contribution in [0.3, 0.4) is 0 Å². The molecule has 0 N–H and O–H groups in total. The largest absolute Gasteiger partial charge is 0.228 e. The molecule has 1 aromatic heterocycles. The van der Waals surface area contributed by atoms with Crippen LogP contribution in [-0.2, 0) is 16.2 Å². The summed E-state index contributed by atoms with van der Waals surface area (Å²) in [6.07, 6.45) is 9.38. The van der Waals surface area contributed by atoms with Gasteiger partial charge in [0.1, 0.15) is 0 Å². The smallest absolute Gasteiger partial charge is 0.160 e. The average Bonchev–Trinajstić information content (AvgIpc) is 3.83. The van der Waals surface area contributed by atoms with Crippen LogP contribution in [0, 0.1) is 12.8 Å². The first kappa shape index (κ1) is 44.5. The number of hydrogen-bond acceptors (Lipinski definition) is 2. The maximum absolute atomic E-state index is 5.28. The summed E-state index contributed by atoms with van der Waals surface area (Å²) in [6.45, 7) is 2.32.